The maximum atomic E-state index is 11.8. The Morgan fingerprint density at radius 3 is 2.47 bits per heavy atom. The SMILES string of the molecule is O=C(C=CC1C=CC(O)=CC1O)c1ccc(O)cc1. The Bertz CT molecular complexity index is 552. The monoisotopic (exact) mass is 258 g/mol. The van der Waals surface area contributed by atoms with E-state index in [9.17, 15) is 15.0 Å². The second-order valence-electron chi connectivity index (χ2n) is 4.29. The van der Waals surface area contributed by atoms with E-state index in [4.69, 9.17) is 5.11 Å². The van der Waals surface area contributed by atoms with Crippen LogP contribution in [-0.2, 0) is 0 Å². The summed E-state index contributed by atoms with van der Waals surface area (Å²) in [5.41, 5.74) is 0.460. The molecular weight excluding hydrogens is 244 g/mol. The molecule has 0 fully saturated rings. The third-order valence-electron chi connectivity index (χ3n) is 2.85. The number of hydrogen-bond donors (Lipinski definition) is 3. The third kappa shape index (κ3) is 3.33. The van der Waals surface area contributed by atoms with Gasteiger partial charge in [0, 0.05) is 11.5 Å². The molecule has 0 aliphatic heterocycles. The molecule has 0 saturated carbocycles. The Kier molecular flexibility index (Phi) is 3.82. The average Bonchev–Trinajstić information content (AvgIpc) is 2.38. The lowest BCUT2D eigenvalue weighted by molar-refractivity contribution is 0.104. The summed E-state index contributed by atoms with van der Waals surface area (Å²) in [6.07, 6.45) is 6.54. The summed E-state index contributed by atoms with van der Waals surface area (Å²) in [5.74, 6) is -0.426. The Hall–Kier alpha value is -2.33. The van der Waals surface area contributed by atoms with E-state index in [0.29, 0.717) is 5.56 Å². The average molecular weight is 258 g/mol. The maximum absolute atomic E-state index is 11.8. The van der Waals surface area contributed by atoms with Gasteiger partial charge in [0.2, 0.25) is 0 Å². The van der Waals surface area contributed by atoms with Crippen LogP contribution < -0.4 is 0 Å². The Morgan fingerprint density at radius 1 is 1.16 bits per heavy atom. The molecule has 4 heteroatoms. The van der Waals surface area contributed by atoms with Crippen molar-refractivity contribution in [1.82, 2.24) is 0 Å². The lowest BCUT2D eigenvalue weighted by Gasteiger charge is -2.16. The van der Waals surface area contributed by atoms with E-state index in [-0.39, 0.29) is 23.2 Å². The van der Waals surface area contributed by atoms with Crippen molar-refractivity contribution in [3.05, 3.63) is 66.0 Å². The van der Waals surface area contributed by atoms with E-state index in [1.165, 1.54) is 42.5 Å². The van der Waals surface area contributed by atoms with Gasteiger partial charge < -0.3 is 15.3 Å². The molecule has 1 aromatic rings. The zero-order valence-electron chi connectivity index (χ0n) is 10.1. The molecule has 0 bridgehead atoms. The van der Waals surface area contributed by atoms with Crippen molar-refractivity contribution in [2.24, 2.45) is 5.92 Å². The number of carbonyl (C=O) groups excluding carboxylic acids is 1. The van der Waals surface area contributed by atoms with Crippen LogP contribution in [0.4, 0.5) is 0 Å². The molecule has 3 N–H and O–H groups in total. The van der Waals surface area contributed by atoms with Crippen LogP contribution in [0.2, 0.25) is 0 Å². The molecule has 0 saturated heterocycles. The molecule has 1 aliphatic carbocycles. The van der Waals surface area contributed by atoms with Gasteiger partial charge in [-0.05, 0) is 42.5 Å². The van der Waals surface area contributed by atoms with Crippen molar-refractivity contribution in [2.75, 3.05) is 0 Å². The summed E-state index contributed by atoms with van der Waals surface area (Å²) in [5, 5.41) is 28.0. The van der Waals surface area contributed by atoms with Gasteiger partial charge in [0.15, 0.2) is 5.78 Å². The van der Waals surface area contributed by atoms with Crippen molar-refractivity contribution < 1.29 is 20.1 Å². The van der Waals surface area contributed by atoms with Crippen molar-refractivity contribution >= 4 is 5.78 Å². The van der Waals surface area contributed by atoms with E-state index in [1.54, 1.807) is 12.2 Å². The molecule has 0 radical (unpaired) electrons. The highest BCUT2D eigenvalue weighted by Gasteiger charge is 2.16. The van der Waals surface area contributed by atoms with Crippen LogP contribution >= 0.6 is 0 Å². The summed E-state index contributed by atoms with van der Waals surface area (Å²) in [7, 11) is 0. The van der Waals surface area contributed by atoms with Crippen LogP contribution in [0.15, 0.2) is 60.4 Å². The number of aliphatic hydroxyl groups is 2. The van der Waals surface area contributed by atoms with Gasteiger partial charge in [-0.1, -0.05) is 12.2 Å². The van der Waals surface area contributed by atoms with Gasteiger partial charge in [0.1, 0.15) is 11.5 Å². The summed E-state index contributed by atoms with van der Waals surface area (Å²) in [4.78, 5) is 11.8. The minimum absolute atomic E-state index is 0.0158. The largest absolute Gasteiger partial charge is 0.508 e. The second-order valence-corrected chi connectivity index (χ2v) is 4.29. The topological polar surface area (TPSA) is 77.8 Å². The highest BCUT2D eigenvalue weighted by molar-refractivity contribution is 6.04. The molecule has 1 aromatic carbocycles. The first-order valence-electron chi connectivity index (χ1n) is 5.85. The molecule has 2 rings (SSSR count). The molecular formula is C15H14O4. The van der Waals surface area contributed by atoms with E-state index in [2.05, 4.69) is 0 Å². The number of ketones is 1. The molecule has 2 unspecified atom stereocenters. The first-order chi connectivity index (χ1) is 9.06. The number of hydrogen-bond acceptors (Lipinski definition) is 4. The van der Waals surface area contributed by atoms with Gasteiger partial charge in [-0.25, -0.2) is 0 Å². The van der Waals surface area contributed by atoms with Crippen molar-refractivity contribution in [3.8, 4) is 5.75 Å². The number of aromatic hydroxyl groups is 1. The lowest BCUT2D eigenvalue weighted by Crippen LogP contribution is -2.17. The highest BCUT2D eigenvalue weighted by atomic mass is 16.3. The quantitative estimate of drug-likeness (QED) is 0.573. The third-order valence-corrected chi connectivity index (χ3v) is 2.85. The number of allylic oxidation sites excluding steroid dienone is 2. The fraction of sp³-hybridized carbons (Fsp3) is 0.133. The Balaban J connectivity index is 2.05. The van der Waals surface area contributed by atoms with Crippen LogP contribution in [-0.4, -0.2) is 27.2 Å². The van der Waals surface area contributed by atoms with Gasteiger partial charge in [0.25, 0.3) is 0 Å². The summed E-state index contributed by atoms with van der Waals surface area (Å²) >= 11 is 0. The van der Waals surface area contributed by atoms with Gasteiger partial charge in [-0.15, -0.1) is 0 Å². The van der Waals surface area contributed by atoms with Crippen LogP contribution in [0.5, 0.6) is 5.75 Å². The van der Waals surface area contributed by atoms with E-state index in [0.717, 1.165) is 0 Å². The maximum Gasteiger partial charge on any atom is 0.185 e. The summed E-state index contributed by atoms with van der Waals surface area (Å²) in [6.45, 7) is 0. The van der Waals surface area contributed by atoms with Crippen LogP contribution in [0.25, 0.3) is 0 Å². The number of rotatable bonds is 3. The normalized spacial score (nSPS) is 22.5. The molecule has 0 amide bonds. The molecule has 0 aromatic heterocycles. The Morgan fingerprint density at radius 2 is 1.84 bits per heavy atom. The number of phenols is 1. The van der Waals surface area contributed by atoms with Crippen LogP contribution in [0.3, 0.4) is 0 Å². The lowest BCUT2D eigenvalue weighted by atomic mass is 9.95. The first kappa shape index (κ1) is 13.1. The summed E-state index contributed by atoms with van der Waals surface area (Å²) < 4.78 is 0. The standard InChI is InChI=1S/C15H14O4/c16-12-5-1-10(2-6-12)14(18)8-4-11-3-7-13(17)9-15(11)19/h1-9,11,15-17,19H. The van der Waals surface area contributed by atoms with Gasteiger partial charge in [-0.2, -0.15) is 0 Å². The highest BCUT2D eigenvalue weighted by Crippen LogP contribution is 2.17. The first-order valence-corrected chi connectivity index (χ1v) is 5.85. The molecule has 4 nitrogen and oxygen atoms in total. The summed E-state index contributed by atoms with van der Waals surface area (Å²) in [6, 6.07) is 5.94. The molecule has 2 atom stereocenters. The molecule has 0 spiro atoms. The molecule has 98 valence electrons. The van der Waals surface area contributed by atoms with Crippen molar-refractivity contribution in [2.45, 2.75) is 6.10 Å². The number of aliphatic hydroxyl groups excluding tert-OH is 2. The minimum Gasteiger partial charge on any atom is -0.508 e. The molecule has 0 heterocycles. The van der Waals surface area contributed by atoms with E-state index < -0.39 is 6.10 Å². The predicted molar refractivity (Wildman–Crippen MR) is 70.9 cm³/mol. The number of phenolic OH excluding ortho intramolecular Hbond substituents is 1. The number of carbonyl (C=O) groups is 1. The van der Waals surface area contributed by atoms with Crippen molar-refractivity contribution in [1.29, 1.82) is 0 Å². The zero-order valence-corrected chi connectivity index (χ0v) is 10.1. The number of benzene rings is 1. The molecule has 19 heavy (non-hydrogen) atoms. The minimum atomic E-state index is -0.839. The molecule has 1 aliphatic rings. The van der Waals surface area contributed by atoms with Gasteiger partial charge in [-0.3, -0.25) is 4.79 Å². The van der Waals surface area contributed by atoms with Crippen molar-refractivity contribution in [3.63, 3.8) is 0 Å². The van der Waals surface area contributed by atoms with Crippen LogP contribution in [0, 0.1) is 5.92 Å². The Labute approximate surface area is 110 Å². The van der Waals surface area contributed by atoms with Gasteiger partial charge >= 0.3 is 0 Å². The van der Waals surface area contributed by atoms with Crippen LogP contribution in [0.1, 0.15) is 10.4 Å². The van der Waals surface area contributed by atoms with Gasteiger partial charge in [0.05, 0.1) is 6.10 Å². The zero-order chi connectivity index (χ0) is 13.8. The van der Waals surface area contributed by atoms with E-state index in [1.807, 2.05) is 0 Å². The smallest absolute Gasteiger partial charge is 0.185 e. The predicted octanol–water partition coefficient (Wildman–Crippen LogP) is 2.12. The van der Waals surface area contributed by atoms with E-state index >= 15 is 0 Å². The fourth-order valence-electron chi connectivity index (χ4n) is 1.76. The second kappa shape index (κ2) is 5.54. The fourth-order valence-corrected chi connectivity index (χ4v) is 1.76.